The average molecular weight is 283 g/mol. The summed E-state index contributed by atoms with van der Waals surface area (Å²) in [6, 6.07) is 6.71. The van der Waals surface area contributed by atoms with Gasteiger partial charge < -0.3 is 10.6 Å². The third kappa shape index (κ3) is 2.95. The molecule has 2 rings (SSSR count). The number of pyridine rings is 1. The van der Waals surface area contributed by atoms with E-state index in [2.05, 4.69) is 4.98 Å². The van der Waals surface area contributed by atoms with Crippen LogP contribution < -0.4 is 10.6 Å². The molecule has 0 aliphatic rings. The normalized spacial score (nSPS) is 12.1. The van der Waals surface area contributed by atoms with Crippen LogP contribution in [0, 0.1) is 0 Å². The van der Waals surface area contributed by atoms with Crippen molar-refractivity contribution in [3.63, 3.8) is 0 Å². The van der Waals surface area contributed by atoms with E-state index in [0.717, 1.165) is 0 Å². The summed E-state index contributed by atoms with van der Waals surface area (Å²) in [5, 5.41) is 0.630. The Hall–Kier alpha value is -1.98. The standard InChI is InChI=1S/C14H16F3N3/c1-9(2)20(8-14(15,16)17)13-10-5-3-4-6-12(10)19-7-11(13)18/h3-7,9H,8,18H2,1-2H3. The highest BCUT2D eigenvalue weighted by atomic mass is 19.4. The summed E-state index contributed by atoms with van der Waals surface area (Å²) in [5.41, 5.74) is 7.14. The number of aromatic nitrogens is 1. The SMILES string of the molecule is CC(C)N(CC(F)(F)F)c1c(N)cnc2ccccc12. The molecule has 0 spiro atoms. The van der Waals surface area contributed by atoms with Crippen molar-refractivity contribution >= 4 is 22.3 Å². The van der Waals surface area contributed by atoms with Crippen LogP contribution in [0.5, 0.6) is 0 Å². The number of nitrogens with two attached hydrogens (primary N) is 1. The van der Waals surface area contributed by atoms with Crippen molar-refractivity contribution in [1.82, 2.24) is 4.98 Å². The molecule has 0 unspecified atom stereocenters. The largest absolute Gasteiger partial charge is 0.405 e. The molecule has 6 heteroatoms. The first-order valence-corrected chi connectivity index (χ1v) is 6.26. The third-order valence-electron chi connectivity index (χ3n) is 3.04. The molecule has 0 atom stereocenters. The lowest BCUT2D eigenvalue weighted by Gasteiger charge is -2.31. The van der Waals surface area contributed by atoms with Crippen LogP contribution in [0.25, 0.3) is 10.9 Å². The molecule has 0 aliphatic heterocycles. The summed E-state index contributed by atoms with van der Waals surface area (Å²) in [6.45, 7) is 2.38. The number of anilines is 2. The average Bonchev–Trinajstić information content (AvgIpc) is 2.35. The molecular formula is C14H16F3N3. The van der Waals surface area contributed by atoms with Crippen LogP contribution in [0.4, 0.5) is 24.5 Å². The van der Waals surface area contributed by atoms with Crippen molar-refractivity contribution in [2.45, 2.75) is 26.1 Å². The number of para-hydroxylation sites is 1. The van der Waals surface area contributed by atoms with Crippen LogP contribution in [0.1, 0.15) is 13.8 Å². The molecule has 108 valence electrons. The van der Waals surface area contributed by atoms with E-state index < -0.39 is 12.7 Å². The molecule has 2 aromatic rings. The van der Waals surface area contributed by atoms with E-state index in [1.54, 1.807) is 38.1 Å². The molecule has 0 amide bonds. The Morgan fingerprint density at radius 2 is 1.90 bits per heavy atom. The molecule has 0 bridgehead atoms. The van der Waals surface area contributed by atoms with Gasteiger partial charge in [-0.1, -0.05) is 18.2 Å². The molecule has 20 heavy (non-hydrogen) atoms. The van der Waals surface area contributed by atoms with E-state index in [4.69, 9.17) is 5.73 Å². The number of nitrogens with zero attached hydrogens (tertiary/aromatic N) is 2. The minimum Gasteiger partial charge on any atom is -0.396 e. The molecule has 1 heterocycles. The van der Waals surface area contributed by atoms with Gasteiger partial charge >= 0.3 is 6.18 Å². The Bertz CT molecular complexity index is 608. The summed E-state index contributed by atoms with van der Waals surface area (Å²) < 4.78 is 38.4. The Labute approximate surface area is 115 Å². The van der Waals surface area contributed by atoms with Crippen LogP contribution in [0.15, 0.2) is 30.5 Å². The number of fused-ring (bicyclic) bond motifs is 1. The van der Waals surface area contributed by atoms with Gasteiger partial charge in [-0.25, -0.2) is 0 Å². The van der Waals surface area contributed by atoms with E-state index in [9.17, 15) is 13.2 Å². The number of hydrogen-bond acceptors (Lipinski definition) is 3. The van der Waals surface area contributed by atoms with Crippen LogP contribution >= 0.6 is 0 Å². The minimum atomic E-state index is -4.29. The zero-order valence-corrected chi connectivity index (χ0v) is 11.3. The van der Waals surface area contributed by atoms with Gasteiger partial charge in [0, 0.05) is 11.4 Å². The number of hydrogen-bond donors (Lipinski definition) is 1. The minimum absolute atomic E-state index is 0.252. The van der Waals surface area contributed by atoms with Gasteiger partial charge in [-0.2, -0.15) is 13.2 Å². The summed E-state index contributed by atoms with van der Waals surface area (Å²) in [6.07, 6.45) is -2.88. The molecule has 0 saturated heterocycles. The Morgan fingerprint density at radius 3 is 2.50 bits per heavy atom. The fraction of sp³-hybridized carbons (Fsp3) is 0.357. The Balaban J connectivity index is 2.61. The van der Waals surface area contributed by atoms with Crippen molar-refractivity contribution in [2.24, 2.45) is 0 Å². The van der Waals surface area contributed by atoms with Gasteiger partial charge in [0.15, 0.2) is 0 Å². The fourth-order valence-electron chi connectivity index (χ4n) is 2.18. The molecule has 0 fully saturated rings. The van der Waals surface area contributed by atoms with Crippen LogP contribution in [0.2, 0.25) is 0 Å². The molecule has 1 aromatic carbocycles. The van der Waals surface area contributed by atoms with E-state index in [1.165, 1.54) is 11.1 Å². The van der Waals surface area contributed by atoms with E-state index >= 15 is 0 Å². The van der Waals surface area contributed by atoms with Gasteiger partial charge in [0.2, 0.25) is 0 Å². The summed E-state index contributed by atoms with van der Waals surface area (Å²) >= 11 is 0. The molecule has 0 radical (unpaired) electrons. The van der Waals surface area contributed by atoms with Crippen molar-refractivity contribution in [3.05, 3.63) is 30.5 Å². The van der Waals surface area contributed by atoms with Crippen LogP contribution in [0.3, 0.4) is 0 Å². The second kappa shape index (κ2) is 5.19. The maximum Gasteiger partial charge on any atom is 0.405 e. The van der Waals surface area contributed by atoms with Gasteiger partial charge in [-0.05, 0) is 19.9 Å². The highest BCUT2D eigenvalue weighted by molar-refractivity contribution is 5.97. The summed E-state index contributed by atoms with van der Waals surface area (Å²) in [5.74, 6) is 0. The monoisotopic (exact) mass is 283 g/mol. The number of nitrogen functional groups attached to an aromatic ring is 1. The lowest BCUT2D eigenvalue weighted by molar-refractivity contribution is -0.120. The molecule has 0 saturated carbocycles. The first kappa shape index (κ1) is 14.4. The topological polar surface area (TPSA) is 42.1 Å². The smallest absolute Gasteiger partial charge is 0.396 e. The maximum absolute atomic E-state index is 12.8. The molecular weight excluding hydrogens is 267 g/mol. The van der Waals surface area contributed by atoms with Gasteiger partial charge in [0.25, 0.3) is 0 Å². The highest BCUT2D eigenvalue weighted by Crippen LogP contribution is 2.34. The number of alkyl halides is 3. The Morgan fingerprint density at radius 1 is 1.25 bits per heavy atom. The van der Waals surface area contributed by atoms with Crippen molar-refractivity contribution < 1.29 is 13.2 Å². The van der Waals surface area contributed by atoms with Crippen molar-refractivity contribution in [1.29, 1.82) is 0 Å². The quantitative estimate of drug-likeness (QED) is 0.936. The molecule has 3 nitrogen and oxygen atoms in total. The first-order valence-electron chi connectivity index (χ1n) is 6.26. The lowest BCUT2D eigenvalue weighted by atomic mass is 10.1. The zero-order chi connectivity index (χ0) is 14.9. The van der Waals surface area contributed by atoms with Gasteiger partial charge in [-0.15, -0.1) is 0 Å². The third-order valence-corrected chi connectivity index (χ3v) is 3.04. The van der Waals surface area contributed by atoms with E-state index in [0.29, 0.717) is 16.6 Å². The maximum atomic E-state index is 12.8. The van der Waals surface area contributed by atoms with Crippen molar-refractivity contribution in [3.8, 4) is 0 Å². The highest BCUT2D eigenvalue weighted by Gasteiger charge is 2.33. The lowest BCUT2D eigenvalue weighted by Crippen LogP contribution is -2.39. The second-order valence-electron chi connectivity index (χ2n) is 4.92. The summed E-state index contributed by atoms with van der Waals surface area (Å²) in [7, 11) is 0. The van der Waals surface area contributed by atoms with E-state index in [1.807, 2.05) is 0 Å². The predicted molar refractivity (Wildman–Crippen MR) is 74.7 cm³/mol. The second-order valence-corrected chi connectivity index (χ2v) is 4.92. The fourth-order valence-corrected chi connectivity index (χ4v) is 2.18. The Kier molecular flexibility index (Phi) is 3.74. The molecule has 1 aromatic heterocycles. The molecule has 2 N–H and O–H groups in total. The number of rotatable bonds is 3. The zero-order valence-electron chi connectivity index (χ0n) is 11.3. The van der Waals surface area contributed by atoms with Crippen LogP contribution in [-0.4, -0.2) is 23.7 Å². The van der Waals surface area contributed by atoms with Gasteiger partial charge in [-0.3, -0.25) is 4.98 Å². The first-order chi connectivity index (χ1) is 9.29. The van der Waals surface area contributed by atoms with Gasteiger partial charge in [0.05, 0.1) is 23.1 Å². The van der Waals surface area contributed by atoms with Crippen molar-refractivity contribution in [2.75, 3.05) is 17.2 Å². The van der Waals surface area contributed by atoms with Gasteiger partial charge in [0.1, 0.15) is 6.54 Å². The number of halogens is 3. The molecule has 0 aliphatic carbocycles. The predicted octanol–water partition coefficient (Wildman–Crippen LogP) is 3.59. The summed E-state index contributed by atoms with van der Waals surface area (Å²) in [4.78, 5) is 5.41. The van der Waals surface area contributed by atoms with E-state index in [-0.39, 0.29) is 11.7 Å². The van der Waals surface area contributed by atoms with Crippen LogP contribution in [-0.2, 0) is 0 Å². The number of benzene rings is 1.